The predicted octanol–water partition coefficient (Wildman–Crippen LogP) is 3.21. The van der Waals surface area contributed by atoms with E-state index < -0.39 is 6.10 Å². The summed E-state index contributed by atoms with van der Waals surface area (Å²) in [6.45, 7) is 4.36. The van der Waals surface area contributed by atoms with Gasteiger partial charge in [-0.3, -0.25) is 4.79 Å². The molecule has 4 nitrogen and oxygen atoms in total. The van der Waals surface area contributed by atoms with Crippen LogP contribution in [0.5, 0.6) is 0 Å². The Morgan fingerprint density at radius 2 is 1.95 bits per heavy atom. The molecule has 0 spiro atoms. The van der Waals surface area contributed by atoms with Gasteiger partial charge in [-0.25, -0.2) is 0 Å². The molecule has 4 heteroatoms. The molecule has 1 rings (SSSR count). The average Bonchev–Trinajstić information content (AvgIpc) is 2.84. The van der Waals surface area contributed by atoms with Crippen LogP contribution in [0, 0.1) is 11.8 Å². The molecule has 0 aromatic carbocycles. The molecule has 1 aliphatic carbocycles. The summed E-state index contributed by atoms with van der Waals surface area (Å²) in [7, 11) is 0. The molecule has 22 heavy (non-hydrogen) atoms. The van der Waals surface area contributed by atoms with E-state index in [0.29, 0.717) is 19.4 Å². The third-order valence-electron chi connectivity index (χ3n) is 4.51. The number of aliphatic hydroxyl groups excluding tert-OH is 2. The Morgan fingerprint density at radius 1 is 1.18 bits per heavy atom. The molecule has 0 fully saturated rings. The van der Waals surface area contributed by atoms with Crippen LogP contribution in [0.1, 0.15) is 65.2 Å². The van der Waals surface area contributed by atoms with Crippen molar-refractivity contribution in [3.8, 4) is 0 Å². The van der Waals surface area contributed by atoms with Gasteiger partial charge in [-0.05, 0) is 44.4 Å². The van der Waals surface area contributed by atoms with Gasteiger partial charge in [0.05, 0.1) is 18.8 Å². The fraction of sp³-hybridized carbons (Fsp3) is 0.833. The maximum Gasteiger partial charge on any atom is 0.305 e. The third kappa shape index (κ3) is 6.93. The van der Waals surface area contributed by atoms with Gasteiger partial charge in [-0.2, -0.15) is 0 Å². The Hall–Kier alpha value is -0.870. The molecule has 128 valence electrons. The van der Waals surface area contributed by atoms with E-state index in [9.17, 15) is 15.0 Å². The second kappa shape index (κ2) is 10.8. The van der Waals surface area contributed by atoms with Crippen LogP contribution in [-0.2, 0) is 9.53 Å². The number of carbonyl (C=O) groups excluding carboxylic acids is 1. The second-order valence-electron chi connectivity index (χ2n) is 6.27. The summed E-state index contributed by atoms with van der Waals surface area (Å²) in [6, 6.07) is 0. The average molecular weight is 312 g/mol. The minimum atomic E-state index is -0.475. The van der Waals surface area contributed by atoms with Gasteiger partial charge in [0.1, 0.15) is 0 Å². The smallest absolute Gasteiger partial charge is 0.305 e. The number of esters is 1. The number of rotatable bonds is 11. The highest BCUT2D eigenvalue weighted by Gasteiger charge is 2.30. The highest BCUT2D eigenvalue weighted by atomic mass is 16.5. The second-order valence-corrected chi connectivity index (χ2v) is 6.27. The van der Waals surface area contributed by atoms with Crippen molar-refractivity contribution < 1.29 is 19.7 Å². The van der Waals surface area contributed by atoms with E-state index in [0.717, 1.165) is 25.7 Å². The summed E-state index contributed by atoms with van der Waals surface area (Å²) in [6.07, 6.45) is 10.0. The van der Waals surface area contributed by atoms with Crippen LogP contribution in [-0.4, -0.2) is 35.0 Å². The van der Waals surface area contributed by atoms with E-state index in [1.807, 2.05) is 12.2 Å². The van der Waals surface area contributed by atoms with Crippen molar-refractivity contribution in [3.05, 3.63) is 12.2 Å². The number of ether oxygens (including phenoxy) is 1. The standard InChI is InChI=1S/C18H32O4/c1-3-5-6-7-15(19)10-8-14-9-12-17(20)16(14)11-13-18(21)22-4-2/h9,12,14-17,19-20H,3-8,10-11,13H2,1-2H3. The van der Waals surface area contributed by atoms with Gasteiger partial charge in [0, 0.05) is 6.42 Å². The van der Waals surface area contributed by atoms with E-state index in [-0.39, 0.29) is 23.9 Å². The molecule has 0 aromatic heterocycles. The lowest BCUT2D eigenvalue weighted by Crippen LogP contribution is -2.23. The van der Waals surface area contributed by atoms with Gasteiger partial charge < -0.3 is 14.9 Å². The number of hydrogen-bond acceptors (Lipinski definition) is 4. The van der Waals surface area contributed by atoms with Crippen molar-refractivity contribution in [2.45, 2.75) is 77.4 Å². The summed E-state index contributed by atoms with van der Waals surface area (Å²) < 4.78 is 4.94. The van der Waals surface area contributed by atoms with Gasteiger partial charge >= 0.3 is 5.97 Å². The molecule has 1 aliphatic rings. The maximum atomic E-state index is 11.5. The Balaban J connectivity index is 2.31. The van der Waals surface area contributed by atoms with Gasteiger partial charge in [0.15, 0.2) is 0 Å². The van der Waals surface area contributed by atoms with Crippen LogP contribution in [0.3, 0.4) is 0 Å². The normalized spacial score (nSPS) is 25.4. The summed E-state index contributed by atoms with van der Waals surface area (Å²) in [5.41, 5.74) is 0. The van der Waals surface area contributed by atoms with E-state index in [1.54, 1.807) is 6.92 Å². The fourth-order valence-corrected chi connectivity index (χ4v) is 3.17. The number of carbonyl (C=O) groups is 1. The molecule has 0 bridgehead atoms. The van der Waals surface area contributed by atoms with Crippen molar-refractivity contribution >= 4 is 5.97 Å². The molecule has 4 atom stereocenters. The number of aliphatic hydroxyl groups is 2. The monoisotopic (exact) mass is 312 g/mol. The van der Waals surface area contributed by atoms with E-state index in [4.69, 9.17) is 4.74 Å². The van der Waals surface area contributed by atoms with Crippen molar-refractivity contribution in [1.82, 2.24) is 0 Å². The van der Waals surface area contributed by atoms with Gasteiger partial charge in [-0.1, -0.05) is 38.3 Å². The SMILES string of the molecule is CCCCCC(O)CCC1C=CC(O)C1CCC(=O)OCC. The Bertz CT molecular complexity index is 340. The first-order valence-electron chi connectivity index (χ1n) is 8.78. The Kier molecular flexibility index (Phi) is 9.41. The molecule has 4 unspecified atom stereocenters. The van der Waals surface area contributed by atoms with E-state index >= 15 is 0 Å². The fourth-order valence-electron chi connectivity index (χ4n) is 3.17. The number of hydrogen-bond donors (Lipinski definition) is 2. The first kappa shape index (κ1) is 19.2. The molecule has 0 saturated carbocycles. The van der Waals surface area contributed by atoms with Crippen molar-refractivity contribution in [3.63, 3.8) is 0 Å². The summed E-state index contributed by atoms with van der Waals surface area (Å²) in [5.74, 6) is 0.137. The molecule has 2 N–H and O–H groups in total. The minimum absolute atomic E-state index is 0.0762. The molecule has 0 radical (unpaired) electrons. The zero-order valence-electron chi connectivity index (χ0n) is 14.0. The van der Waals surface area contributed by atoms with Crippen LogP contribution in [0.15, 0.2) is 12.2 Å². The third-order valence-corrected chi connectivity index (χ3v) is 4.51. The van der Waals surface area contributed by atoms with Gasteiger partial charge in [0.25, 0.3) is 0 Å². The largest absolute Gasteiger partial charge is 0.466 e. The maximum absolute atomic E-state index is 11.5. The molecule has 0 amide bonds. The lowest BCUT2D eigenvalue weighted by molar-refractivity contribution is -0.143. The quantitative estimate of drug-likeness (QED) is 0.349. The van der Waals surface area contributed by atoms with Crippen molar-refractivity contribution in [1.29, 1.82) is 0 Å². The van der Waals surface area contributed by atoms with Crippen molar-refractivity contribution in [2.75, 3.05) is 6.61 Å². The molecular formula is C18H32O4. The van der Waals surface area contributed by atoms with Crippen LogP contribution >= 0.6 is 0 Å². The first-order chi connectivity index (χ1) is 10.6. The number of allylic oxidation sites excluding steroid dienone is 1. The Morgan fingerprint density at radius 3 is 2.64 bits per heavy atom. The minimum Gasteiger partial charge on any atom is -0.466 e. The zero-order valence-corrected chi connectivity index (χ0v) is 14.0. The summed E-state index contributed by atoms with van der Waals surface area (Å²) >= 11 is 0. The lowest BCUT2D eigenvalue weighted by Gasteiger charge is -2.23. The summed E-state index contributed by atoms with van der Waals surface area (Å²) in [5, 5.41) is 20.1. The Labute approximate surface area is 134 Å². The van der Waals surface area contributed by atoms with Crippen LogP contribution in [0.4, 0.5) is 0 Å². The van der Waals surface area contributed by atoms with Crippen LogP contribution in [0.25, 0.3) is 0 Å². The topological polar surface area (TPSA) is 66.8 Å². The summed E-state index contributed by atoms with van der Waals surface area (Å²) in [4.78, 5) is 11.5. The highest BCUT2D eigenvalue weighted by Crippen LogP contribution is 2.33. The predicted molar refractivity (Wildman–Crippen MR) is 87.4 cm³/mol. The first-order valence-corrected chi connectivity index (χ1v) is 8.78. The van der Waals surface area contributed by atoms with Crippen molar-refractivity contribution in [2.24, 2.45) is 11.8 Å². The zero-order chi connectivity index (χ0) is 16.4. The molecule has 0 aromatic rings. The van der Waals surface area contributed by atoms with Crippen LogP contribution in [0.2, 0.25) is 0 Å². The molecular weight excluding hydrogens is 280 g/mol. The molecule has 0 saturated heterocycles. The van der Waals surface area contributed by atoms with E-state index in [1.165, 1.54) is 12.8 Å². The van der Waals surface area contributed by atoms with Gasteiger partial charge in [-0.15, -0.1) is 0 Å². The van der Waals surface area contributed by atoms with E-state index in [2.05, 4.69) is 6.92 Å². The highest BCUT2D eigenvalue weighted by molar-refractivity contribution is 5.69. The van der Waals surface area contributed by atoms with Gasteiger partial charge in [0.2, 0.25) is 0 Å². The lowest BCUT2D eigenvalue weighted by atomic mass is 9.85. The van der Waals surface area contributed by atoms with Crippen LogP contribution < -0.4 is 0 Å². The number of unbranched alkanes of at least 4 members (excludes halogenated alkanes) is 2. The molecule has 0 aliphatic heterocycles. The molecule has 0 heterocycles.